The number of aromatic nitrogens is 3. The van der Waals surface area contributed by atoms with E-state index in [1.54, 1.807) is 12.1 Å². The zero-order chi connectivity index (χ0) is 17.4. The van der Waals surface area contributed by atoms with E-state index in [0.717, 1.165) is 18.5 Å². The number of hydrogen-bond acceptors (Lipinski definition) is 3. The van der Waals surface area contributed by atoms with Crippen LogP contribution in [-0.2, 0) is 11.2 Å². The van der Waals surface area contributed by atoms with E-state index in [-0.39, 0.29) is 12.2 Å². The monoisotopic (exact) mass is 339 g/mol. The van der Waals surface area contributed by atoms with E-state index in [2.05, 4.69) is 15.2 Å². The predicted octanol–water partition coefficient (Wildman–Crippen LogP) is 3.94. The molecule has 4 rings (SSSR count). The van der Waals surface area contributed by atoms with Crippen LogP contribution >= 0.6 is 0 Å². The van der Waals surface area contributed by atoms with Crippen molar-refractivity contribution in [1.29, 1.82) is 0 Å². The summed E-state index contributed by atoms with van der Waals surface area (Å²) in [5.41, 5.74) is 2.01. The Bertz CT molecular complexity index is 989. The number of nitrogens with one attached hydrogen (secondary N) is 1. The minimum atomic E-state index is -0.454. The van der Waals surface area contributed by atoms with Crippen molar-refractivity contribution in [3.63, 3.8) is 0 Å². The summed E-state index contributed by atoms with van der Waals surface area (Å²) < 4.78 is 27.8. The first-order chi connectivity index (χ1) is 12.1. The Morgan fingerprint density at radius 1 is 1.28 bits per heavy atom. The first-order valence-corrected chi connectivity index (χ1v) is 8.08. The van der Waals surface area contributed by atoms with Crippen LogP contribution in [-0.4, -0.2) is 21.0 Å². The molecule has 0 bridgehead atoms. The van der Waals surface area contributed by atoms with Gasteiger partial charge in [0.1, 0.15) is 11.3 Å². The van der Waals surface area contributed by atoms with Crippen molar-refractivity contribution >= 4 is 22.8 Å². The fraction of sp³-hybridized carbons (Fsp3) is 0.211. The number of hydrogen-bond donors (Lipinski definition) is 1. The van der Waals surface area contributed by atoms with Gasteiger partial charge < -0.3 is 0 Å². The van der Waals surface area contributed by atoms with E-state index in [1.165, 1.54) is 30.6 Å². The molecule has 0 amide bonds. The highest BCUT2D eigenvalue weighted by molar-refractivity contribution is 5.95. The molecule has 0 saturated heterocycles. The Morgan fingerprint density at radius 3 is 2.92 bits per heavy atom. The van der Waals surface area contributed by atoms with Gasteiger partial charge in [0.05, 0.1) is 12.4 Å². The highest BCUT2D eigenvalue weighted by atomic mass is 19.1. The van der Waals surface area contributed by atoms with Crippen LogP contribution in [0.1, 0.15) is 35.6 Å². The number of halogens is 2. The van der Waals surface area contributed by atoms with Gasteiger partial charge in [0.15, 0.2) is 11.6 Å². The number of nitrogens with zero attached hydrogens (tertiary/aromatic N) is 2. The van der Waals surface area contributed by atoms with Crippen molar-refractivity contribution < 1.29 is 13.6 Å². The molecule has 126 valence electrons. The van der Waals surface area contributed by atoms with Gasteiger partial charge in [-0.25, -0.2) is 8.78 Å². The van der Waals surface area contributed by atoms with Crippen molar-refractivity contribution in [2.75, 3.05) is 0 Å². The van der Waals surface area contributed by atoms with Crippen LogP contribution in [0.2, 0.25) is 0 Å². The third-order valence-corrected chi connectivity index (χ3v) is 4.33. The SMILES string of the molecule is O=C(/C=C/c1ccc2cn[nH]c2c1F)Cc1cc(F)cnc1C1CC1. The number of rotatable bonds is 5. The lowest BCUT2D eigenvalue weighted by Crippen LogP contribution is -2.04. The summed E-state index contributed by atoms with van der Waals surface area (Å²) in [5.74, 6) is -0.803. The van der Waals surface area contributed by atoms with Gasteiger partial charge in [-0.05, 0) is 36.6 Å². The van der Waals surface area contributed by atoms with Crippen molar-refractivity contribution in [1.82, 2.24) is 15.2 Å². The molecule has 0 radical (unpaired) electrons. The Kier molecular flexibility index (Phi) is 3.87. The third-order valence-electron chi connectivity index (χ3n) is 4.33. The highest BCUT2D eigenvalue weighted by Crippen LogP contribution is 2.40. The maximum absolute atomic E-state index is 14.3. The summed E-state index contributed by atoms with van der Waals surface area (Å²) in [6.07, 6.45) is 7.57. The molecule has 1 saturated carbocycles. The molecule has 1 N–H and O–H groups in total. The molecule has 25 heavy (non-hydrogen) atoms. The zero-order valence-corrected chi connectivity index (χ0v) is 13.3. The first-order valence-electron chi connectivity index (χ1n) is 8.08. The molecule has 4 nitrogen and oxygen atoms in total. The average Bonchev–Trinajstić information content (AvgIpc) is 3.31. The lowest BCUT2D eigenvalue weighted by atomic mass is 10.0. The van der Waals surface area contributed by atoms with E-state index < -0.39 is 11.6 Å². The quantitative estimate of drug-likeness (QED) is 0.716. The number of fused-ring (bicyclic) bond motifs is 1. The summed E-state index contributed by atoms with van der Waals surface area (Å²) >= 11 is 0. The van der Waals surface area contributed by atoms with E-state index in [9.17, 15) is 13.6 Å². The summed E-state index contributed by atoms with van der Waals surface area (Å²) in [7, 11) is 0. The van der Waals surface area contributed by atoms with Crippen LogP contribution in [0, 0.1) is 11.6 Å². The van der Waals surface area contributed by atoms with Crippen molar-refractivity contribution in [2.45, 2.75) is 25.2 Å². The van der Waals surface area contributed by atoms with Gasteiger partial charge in [-0.3, -0.25) is 14.9 Å². The molecule has 2 aromatic heterocycles. The number of aromatic amines is 1. The number of allylic oxidation sites excluding steroid dienone is 1. The van der Waals surface area contributed by atoms with Crippen molar-refractivity contribution in [3.05, 3.63) is 65.1 Å². The normalized spacial score (nSPS) is 14.5. The van der Waals surface area contributed by atoms with Crippen LogP contribution in [0.25, 0.3) is 17.0 Å². The van der Waals surface area contributed by atoms with Gasteiger partial charge in [-0.1, -0.05) is 12.1 Å². The minimum absolute atomic E-state index is 0.0566. The van der Waals surface area contributed by atoms with Gasteiger partial charge in [-0.2, -0.15) is 5.10 Å². The summed E-state index contributed by atoms with van der Waals surface area (Å²) in [4.78, 5) is 16.4. The van der Waals surface area contributed by atoms with Gasteiger partial charge in [-0.15, -0.1) is 0 Å². The Morgan fingerprint density at radius 2 is 2.12 bits per heavy atom. The largest absolute Gasteiger partial charge is 0.294 e. The number of ketones is 1. The topological polar surface area (TPSA) is 58.6 Å². The molecule has 6 heteroatoms. The maximum atomic E-state index is 14.3. The van der Waals surface area contributed by atoms with Gasteiger partial charge in [0, 0.05) is 29.0 Å². The summed E-state index contributed by atoms with van der Waals surface area (Å²) in [5, 5.41) is 7.06. The fourth-order valence-electron chi connectivity index (χ4n) is 2.91. The van der Waals surface area contributed by atoms with Crippen LogP contribution < -0.4 is 0 Å². The van der Waals surface area contributed by atoms with Crippen LogP contribution in [0.3, 0.4) is 0 Å². The standard InChI is InChI=1S/C19H15F2N3O/c20-15-7-14(18(22-10-15)12-2-3-12)8-16(25)6-5-11-1-4-13-9-23-24-19(13)17(11)21/h1,4-7,9-10,12H,2-3,8H2,(H,23,24)/b6-5+. The van der Waals surface area contributed by atoms with Crippen molar-refractivity contribution in [2.24, 2.45) is 0 Å². The molecule has 0 unspecified atom stereocenters. The molecule has 1 fully saturated rings. The fourth-order valence-corrected chi connectivity index (χ4v) is 2.91. The molecule has 0 atom stereocenters. The van der Waals surface area contributed by atoms with Gasteiger partial charge in [0.25, 0.3) is 0 Å². The number of benzene rings is 1. The number of carbonyl (C=O) groups excluding carboxylic acids is 1. The lowest BCUT2D eigenvalue weighted by Gasteiger charge is -2.06. The number of H-pyrrole nitrogens is 1. The second kappa shape index (κ2) is 6.20. The molecular weight excluding hydrogens is 324 g/mol. The number of pyridine rings is 1. The molecule has 0 aliphatic heterocycles. The molecule has 1 aliphatic carbocycles. The van der Waals surface area contributed by atoms with Crippen molar-refractivity contribution in [3.8, 4) is 0 Å². The van der Waals surface area contributed by atoms with Crippen LogP contribution in [0.4, 0.5) is 8.78 Å². The third kappa shape index (κ3) is 3.20. The Balaban J connectivity index is 1.54. The van der Waals surface area contributed by atoms with E-state index >= 15 is 0 Å². The van der Waals surface area contributed by atoms with Crippen LogP contribution in [0.15, 0.2) is 36.7 Å². The smallest absolute Gasteiger partial charge is 0.160 e. The summed E-state index contributed by atoms with van der Waals surface area (Å²) in [6.45, 7) is 0. The average molecular weight is 339 g/mol. The predicted molar refractivity (Wildman–Crippen MR) is 90.0 cm³/mol. The second-order valence-corrected chi connectivity index (χ2v) is 6.25. The number of carbonyl (C=O) groups is 1. The second-order valence-electron chi connectivity index (χ2n) is 6.25. The molecule has 1 aromatic carbocycles. The Hall–Kier alpha value is -2.89. The summed E-state index contributed by atoms with van der Waals surface area (Å²) in [6, 6.07) is 4.69. The molecular formula is C19H15F2N3O. The highest BCUT2D eigenvalue weighted by Gasteiger charge is 2.28. The molecule has 2 heterocycles. The van der Waals surface area contributed by atoms with E-state index in [1.807, 2.05) is 0 Å². The maximum Gasteiger partial charge on any atom is 0.160 e. The van der Waals surface area contributed by atoms with E-state index in [4.69, 9.17) is 0 Å². The molecule has 0 spiro atoms. The van der Waals surface area contributed by atoms with E-state index in [0.29, 0.717) is 27.9 Å². The first kappa shape index (κ1) is 15.6. The molecule has 3 aromatic rings. The van der Waals surface area contributed by atoms with Crippen LogP contribution in [0.5, 0.6) is 0 Å². The minimum Gasteiger partial charge on any atom is -0.294 e. The van der Waals surface area contributed by atoms with Gasteiger partial charge in [0.2, 0.25) is 0 Å². The lowest BCUT2D eigenvalue weighted by molar-refractivity contribution is -0.113. The molecule has 1 aliphatic rings. The Labute approximate surface area is 142 Å². The van der Waals surface area contributed by atoms with Gasteiger partial charge >= 0.3 is 0 Å². The zero-order valence-electron chi connectivity index (χ0n) is 13.3.